The molecule has 0 saturated carbocycles. The third kappa shape index (κ3) is 4.00. The van der Waals surface area contributed by atoms with E-state index in [4.69, 9.17) is 4.74 Å². The molecule has 1 aliphatic rings. The predicted octanol–water partition coefficient (Wildman–Crippen LogP) is 2.36. The maximum Gasteiger partial charge on any atom is 0.433 e. The second-order valence-corrected chi connectivity index (χ2v) is 8.44. The molecule has 1 fully saturated rings. The molecule has 0 bridgehead atoms. The summed E-state index contributed by atoms with van der Waals surface area (Å²) < 4.78 is 71.8. The minimum atomic E-state index is -4.67. The van der Waals surface area contributed by atoms with E-state index < -0.39 is 33.5 Å². The van der Waals surface area contributed by atoms with Crippen LogP contribution in [0.4, 0.5) is 19.0 Å². The zero-order valence-corrected chi connectivity index (χ0v) is 16.4. The van der Waals surface area contributed by atoms with Gasteiger partial charge in [-0.1, -0.05) is 13.0 Å². The third-order valence-corrected chi connectivity index (χ3v) is 6.54. The Hall–Kier alpha value is -2.44. The molecule has 0 unspecified atom stereocenters. The highest BCUT2D eigenvalue weighted by Gasteiger charge is 2.46. The first-order valence-corrected chi connectivity index (χ1v) is 10.0. The van der Waals surface area contributed by atoms with Gasteiger partial charge in [0.25, 0.3) is 5.91 Å². The summed E-state index contributed by atoms with van der Waals surface area (Å²) in [6.07, 6.45) is -3.47. The molecule has 1 aliphatic heterocycles. The van der Waals surface area contributed by atoms with E-state index >= 15 is 0 Å². The van der Waals surface area contributed by atoms with Gasteiger partial charge < -0.3 is 10.1 Å². The molecule has 3 heterocycles. The number of likely N-dealkylation sites (N-methyl/N-ethyl adjacent to an activating group) is 1. The van der Waals surface area contributed by atoms with Crippen molar-refractivity contribution in [1.29, 1.82) is 0 Å². The number of anilines is 1. The number of ether oxygens (including phenoxy) is 1. The van der Waals surface area contributed by atoms with Gasteiger partial charge in [0.15, 0.2) is 0 Å². The van der Waals surface area contributed by atoms with Crippen molar-refractivity contribution < 1.29 is 31.1 Å². The van der Waals surface area contributed by atoms with Crippen LogP contribution >= 0.6 is 0 Å². The summed E-state index contributed by atoms with van der Waals surface area (Å²) in [6.45, 7) is 3.98. The highest BCUT2D eigenvalue weighted by atomic mass is 32.2. The number of carbonyl (C=O) groups is 1. The van der Waals surface area contributed by atoms with Gasteiger partial charge >= 0.3 is 16.4 Å². The number of amides is 1. The molecular formula is C17H19F3N4O4S. The smallest absolute Gasteiger partial charge is 0.377 e. The number of nitrogens with zero attached hydrogens (tertiary/aromatic N) is 3. The quantitative estimate of drug-likeness (QED) is 0.757. The summed E-state index contributed by atoms with van der Waals surface area (Å²) in [6, 6.07) is 5.66. The number of nitrogens with one attached hydrogen (secondary N) is 1. The van der Waals surface area contributed by atoms with Crippen molar-refractivity contribution in [2.24, 2.45) is 0 Å². The maximum absolute atomic E-state index is 13.1. The summed E-state index contributed by atoms with van der Waals surface area (Å²) in [5, 5.41) is 2.21. The van der Waals surface area contributed by atoms with Crippen LogP contribution in [0.3, 0.4) is 0 Å². The molecule has 8 nitrogen and oxygen atoms in total. The van der Waals surface area contributed by atoms with Gasteiger partial charge in [0.1, 0.15) is 17.2 Å². The lowest BCUT2D eigenvalue weighted by molar-refractivity contribution is -0.141. The van der Waals surface area contributed by atoms with Crippen LogP contribution in [0.1, 0.15) is 30.0 Å². The fourth-order valence-corrected chi connectivity index (χ4v) is 4.87. The number of hydrogen-bond acceptors (Lipinski definition) is 5. The van der Waals surface area contributed by atoms with Gasteiger partial charge in [-0.2, -0.15) is 25.9 Å². The lowest BCUT2D eigenvalue weighted by Crippen LogP contribution is -2.62. The lowest BCUT2D eigenvalue weighted by Gasteiger charge is -2.45. The SMILES string of the molecule is CCN(C1(C)COC1)S(=O)(=O)n1cccc1C(=O)Nc1cccc(C(F)(F)F)n1. The van der Waals surface area contributed by atoms with Crippen molar-refractivity contribution in [2.75, 3.05) is 25.1 Å². The van der Waals surface area contributed by atoms with Crippen LogP contribution in [0, 0.1) is 0 Å². The van der Waals surface area contributed by atoms with Gasteiger partial charge in [0.2, 0.25) is 0 Å². The van der Waals surface area contributed by atoms with Crippen LogP contribution in [0.15, 0.2) is 36.5 Å². The van der Waals surface area contributed by atoms with Crippen LogP contribution in [0.25, 0.3) is 0 Å². The minimum absolute atomic E-state index is 0.149. The number of carbonyl (C=O) groups excluding carboxylic acids is 1. The Bertz CT molecular complexity index is 1020. The molecule has 0 aromatic carbocycles. The first-order chi connectivity index (χ1) is 13.5. The largest absolute Gasteiger partial charge is 0.433 e. The van der Waals surface area contributed by atoms with Gasteiger partial charge in [0, 0.05) is 12.7 Å². The lowest BCUT2D eigenvalue weighted by atomic mass is 10.0. The molecular weight excluding hydrogens is 413 g/mol. The van der Waals surface area contributed by atoms with Crippen molar-refractivity contribution in [2.45, 2.75) is 25.6 Å². The highest BCUT2D eigenvalue weighted by molar-refractivity contribution is 7.87. The van der Waals surface area contributed by atoms with Crippen molar-refractivity contribution in [3.05, 3.63) is 47.9 Å². The topological polar surface area (TPSA) is 93.5 Å². The van der Waals surface area contributed by atoms with Crippen LogP contribution in [0.2, 0.25) is 0 Å². The Kier molecular flexibility index (Phi) is 5.45. The summed E-state index contributed by atoms with van der Waals surface area (Å²) in [4.78, 5) is 15.9. The number of aromatic nitrogens is 2. The van der Waals surface area contributed by atoms with Gasteiger partial charge in [-0.05, 0) is 31.2 Å². The second-order valence-electron chi connectivity index (χ2n) is 6.71. The van der Waals surface area contributed by atoms with Gasteiger partial charge in [-0.3, -0.25) is 4.79 Å². The molecule has 0 atom stereocenters. The molecule has 3 rings (SSSR count). The van der Waals surface area contributed by atoms with Crippen LogP contribution < -0.4 is 5.32 Å². The van der Waals surface area contributed by atoms with Gasteiger partial charge in [-0.15, -0.1) is 0 Å². The molecule has 1 amide bonds. The zero-order valence-electron chi connectivity index (χ0n) is 15.6. The number of pyridine rings is 1. The van der Waals surface area contributed by atoms with E-state index in [-0.39, 0.29) is 31.3 Å². The first kappa shape index (κ1) is 21.3. The molecule has 0 aliphatic carbocycles. The Morgan fingerprint density at radius 2 is 2.00 bits per heavy atom. The fraction of sp³-hybridized carbons (Fsp3) is 0.412. The second kappa shape index (κ2) is 7.43. The number of halogens is 3. The van der Waals surface area contributed by atoms with Crippen LogP contribution in [0.5, 0.6) is 0 Å². The maximum atomic E-state index is 13.1. The minimum Gasteiger partial charge on any atom is -0.377 e. The summed E-state index contributed by atoms with van der Waals surface area (Å²) in [5.41, 5.74) is -2.17. The molecule has 1 N–H and O–H groups in total. The summed E-state index contributed by atoms with van der Waals surface area (Å²) in [5.74, 6) is -1.25. The molecule has 2 aromatic rings. The van der Waals surface area contributed by atoms with E-state index in [1.807, 2.05) is 0 Å². The number of alkyl halides is 3. The average Bonchev–Trinajstić information content (AvgIpc) is 3.11. The van der Waals surface area contributed by atoms with Crippen molar-refractivity contribution >= 4 is 21.9 Å². The Morgan fingerprint density at radius 3 is 2.55 bits per heavy atom. The monoisotopic (exact) mass is 432 g/mol. The Morgan fingerprint density at radius 1 is 1.31 bits per heavy atom. The number of hydrogen-bond donors (Lipinski definition) is 1. The van der Waals surface area contributed by atoms with E-state index in [2.05, 4.69) is 10.3 Å². The van der Waals surface area contributed by atoms with Gasteiger partial charge in [0.05, 0.1) is 18.8 Å². The van der Waals surface area contributed by atoms with Crippen molar-refractivity contribution in [3.8, 4) is 0 Å². The highest BCUT2D eigenvalue weighted by Crippen LogP contribution is 2.30. The molecule has 2 aromatic heterocycles. The van der Waals surface area contributed by atoms with E-state index in [0.29, 0.717) is 0 Å². The normalized spacial score (nSPS) is 16.5. The molecule has 158 valence electrons. The van der Waals surface area contributed by atoms with E-state index in [9.17, 15) is 26.4 Å². The van der Waals surface area contributed by atoms with Crippen molar-refractivity contribution in [3.63, 3.8) is 0 Å². The molecule has 1 saturated heterocycles. The van der Waals surface area contributed by atoms with E-state index in [1.54, 1.807) is 13.8 Å². The number of rotatable bonds is 6. The predicted molar refractivity (Wildman–Crippen MR) is 97.5 cm³/mol. The average molecular weight is 432 g/mol. The third-order valence-electron chi connectivity index (χ3n) is 4.47. The molecule has 12 heteroatoms. The summed E-state index contributed by atoms with van der Waals surface area (Å²) in [7, 11) is -4.12. The standard InChI is InChI=1S/C17H19F3N4O4S/c1-3-24(16(2)10-28-11-16)29(26,27)23-9-5-6-12(23)15(25)22-14-8-4-7-13(21-14)17(18,19)20/h4-9H,3,10-11H2,1-2H3,(H,21,22,25). The molecule has 0 spiro atoms. The van der Waals surface area contributed by atoms with E-state index in [1.165, 1.54) is 28.7 Å². The van der Waals surface area contributed by atoms with E-state index in [0.717, 1.165) is 16.1 Å². The molecule has 29 heavy (non-hydrogen) atoms. The van der Waals surface area contributed by atoms with Crippen LogP contribution in [-0.4, -0.2) is 52.9 Å². The Balaban J connectivity index is 1.89. The molecule has 0 radical (unpaired) electrons. The summed E-state index contributed by atoms with van der Waals surface area (Å²) >= 11 is 0. The van der Waals surface area contributed by atoms with Crippen LogP contribution in [-0.2, 0) is 21.1 Å². The fourth-order valence-electron chi connectivity index (χ4n) is 3.06. The first-order valence-electron chi connectivity index (χ1n) is 8.63. The van der Waals surface area contributed by atoms with Crippen molar-refractivity contribution in [1.82, 2.24) is 13.3 Å². The Labute approximate surface area is 165 Å². The zero-order chi connectivity index (χ0) is 21.4. The van der Waals surface area contributed by atoms with Gasteiger partial charge in [-0.25, -0.2) is 8.96 Å².